The number of likely N-dealkylation sites (tertiary alicyclic amines) is 1. The molecule has 2 N–H and O–H groups in total. The number of benzene rings is 2. The Morgan fingerprint density at radius 2 is 1.97 bits per heavy atom. The number of aromatic nitrogens is 4. The topological polar surface area (TPSA) is 95.9 Å². The molecule has 0 radical (unpaired) electrons. The van der Waals surface area contributed by atoms with Gasteiger partial charge in [0.15, 0.2) is 5.69 Å². The van der Waals surface area contributed by atoms with E-state index in [1.165, 1.54) is 10.9 Å². The number of carbonyl (C=O) groups excluding carboxylic acids is 2. The molecule has 8 heteroatoms. The molecule has 0 spiro atoms. The summed E-state index contributed by atoms with van der Waals surface area (Å²) in [7, 11) is 1.76. The summed E-state index contributed by atoms with van der Waals surface area (Å²) in [6.07, 6.45) is 7.58. The molecule has 0 bridgehead atoms. The van der Waals surface area contributed by atoms with Gasteiger partial charge in [0.2, 0.25) is 0 Å². The van der Waals surface area contributed by atoms with Crippen LogP contribution in [0.25, 0.3) is 10.9 Å². The van der Waals surface area contributed by atoms with Crippen molar-refractivity contribution in [2.75, 3.05) is 18.4 Å². The summed E-state index contributed by atoms with van der Waals surface area (Å²) in [5, 5.41) is 15.4. The number of rotatable bonds is 5. The van der Waals surface area contributed by atoms with Gasteiger partial charge in [0, 0.05) is 31.7 Å². The van der Waals surface area contributed by atoms with Crippen molar-refractivity contribution in [1.82, 2.24) is 24.9 Å². The van der Waals surface area contributed by atoms with Crippen LogP contribution < -0.4 is 5.32 Å². The summed E-state index contributed by atoms with van der Waals surface area (Å²) in [6, 6.07) is 15.1. The minimum atomic E-state index is -0.329. The van der Waals surface area contributed by atoms with E-state index in [9.17, 15) is 9.59 Å². The van der Waals surface area contributed by atoms with E-state index in [1.54, 1.807) is 36.1 Å². The van der Waals surface area contributed by atoms with Gasteiger partial charge in [-0.15, -0.1) is 0 Å². The van der Waals surface area contributed by atoms with Gasteiger partial charge in [0.25, 0.3) is 11.8 Å². The largest absolute Gasteiger partial charge is 0.339 e. The Morgan fingerprint density at radius 1 is 1.09 bits per heavy atom. The molecule has 0 saturated carbocycles. The van der Waals surface area contributed by atoms with E-state index in [2.05, 4.69) is 32.7 Å². The quantitative estimate of drug-likeness (QED) is 0.474. The predicted molar refractivity (Wildman–Crippen MR) is 131 cm³/mol. The molecule has 2 amide bonds. The van der Waals surface area contributed by atoms with Gasteiger partial charge in [-0.05, 0) is 61.4 Å². The molecule has 1 fully saturated rings. The lowest BCUT2D eigenvalue weighted by atomic mass is 9.91. The zero-order valence-electron chi connectivity index (χ0n) is 19.2. The van der Waals surface area contributed by atoms with E-state index < -0.39 is 0 Å². The Bertz CT molecular complexity index is 1320. The third kappa shape index (κ3) is 4.57. The summed E-state index contributed by atoms with van der Waals surface area (Å²) in [5.74, 6) is 0.136. The zero-order valence-corrected chi connectivity index (χ0v) is 19.2. The van der Waals surface area contributed by atoms with Crippen LogP contribution in [0.5, 0.6) is 0 Å². The SMILES string of the molecule is Cn1ccc(C(=O)Nc2ccccc2C(=O)N2CCC[C@H](Cc3cccc4[nH]ncc34)CC2)n1. The van der Waals surface area contributed by atoms with E-state index in [-0.39, 0.29) is 11.8 Å². The fraction of sp³-hybridized carbons (Fsp3) is 0.308. The summed E-state index contributed by atoms with van der Waals surface area (Å²) in [6.45, 7) is 1.42. The highest BCUT2D eigenvalue weighted by atomic mass is 16.2. The fourth-order valence-electron chi connectivity index (χ4n) is 4.76. The Labute approximate surface area is 198 Å². The van der Waals surface area contributed by atoms with E-state index in [0.29, 0.717) is 36.0 Å². The lowest BCUT2D eigenvalue weighted by Gasteiger charge is -2.22. The molecule has 1 atom stereocenters. The van der Waals surface area contributed by atoms with Gasteiger partial charge in [0.1, 0.15) is 0 Å². The zero-order chi connectivity index (χ0) is 23.5. The molecule has 0 unspecified atom stereocenters. The van der Waals surface area contributed by atoms with Crippen molar-refractivity contribution >= 4 is 28.4 Å². The van der Waals surface area contributed by atoms with Crippen LogP contribution in [0, 0.1) is 5.92 Å². The van der Waals surface area contributed by atoms with Crippen molar-refractivity contribution in [1.29, 1.82) is 0 Å². The highest BCUT2D eigenvalue weighted by molar-refractivity contribution is 6.08. The molecule has 34 heavy (non-hydrogen) atoms. The Morgan fingerprint density at radius 3 is 2.82 bits per heavy atom. The second-order valence-corrected chi connectivity index (χ2v) is 8.92. The van der Waals surface area contributed by atoms with Crippen LogP contribution in [0.3, 0.4) is 0 Å². The highest BCUT2D eigenvalue weighted by Gasteiger charge is 2.24. The van der Waals surface area contributed by atoms with Crippen LogP contribution in [0.15, 0.2) is 60.9 Å². The Kier molecular flexibility index (Phi) is 6.12. The van der Waals surface area contributed by atoms with Crippen molar-refractivity contribution in [3.05, 3.63) is 77.7 Å². The maximum atomic E-state index is 13.4. The van der Waals surface area contributed by atoms with Crippen molar-refractivity contribution < 1.29 is 9.59 Å². The van der Waals surface area contributed by atoms with Crippen molar-refractivity contribution in [2.24, 2.45) is 13.0 Å². The van der Waals surface area contributed by atoms with Gasteiger partial charge in [-0.25, -0.2) is 0 Å². The first-order valence-corrected chi connectivity index (χ1v) is 11.7. The maximum absolute atomic E-state index is 13.4. The average molecular weight is 457 g/mol. The molecular weight excluding hydrogens is 428 g/mol. The predicted octanol–water partition coefficient (Wildman–Crippen LogP) is 4.03. The highest BCUT2D eigenvalue weighted by Crippen LogP contribution is 2.27. The van der Waals surface area contributed by atoms with Crippen LogP contribution >= 0.6 is 0 Å². The third-order valence-corrected chi connectivity index (χ3v) is 6.57. The summed E-state index contributed by atoms with van der Waals surface area (Å²) in [4.78, 5) is 28.0. The van der Waals surface area contributed by atoms with Gasteiger partial charge in [-0.2, -0.15) is 10.2 Å². The minimum Gasteiger partial charge on any atom is -0.339 e. The molecule has 2 aromatic heterocycles. The van der Waals surface area contributed by atoms with Crippen LogP contribution in [-0.2, 0) is 13.5 Å². The first-order valence-electron chi connectivity index (χ1n) is 11.7. The van der Waals surface area contributed by atoms with Gasteiger partial charge in [-0.1, -0.05) is 24.3 Å². The number of para-hydroxylation sites is 1. The number of fused-ring (bicyclic) bond motifs is 1. The number of anilines is 1. The smallest absolute Gasteiger partial charge is 0.276 e. The van der Waals surface area contributed by atoms with E-state index >= 15 is 0 Å². The second-order valence-electron chi connectivity index (χ2n) is 8.92. The van der Waals surface area contributed by atoms with Crippen LogP contribution in [-0.4, -0.2) is 49.8 Å². The molecule has 1 aliphatic heterocycles. The van der Waals surface area contributed by atoms with Crippen molar-refractivity contribution in [2.45, 2.75) is 25.7 Å². The minimum absolute atomic E-state index is 0.0468. The summed E-state index contributed by atoms with van der Waals surface area (Å²) >= 11 is 0. The number of amides is 2. The summed E-state index contributed by atoms with van der Waals surface area (Å²) in [5.41, 5.74) is 3.70. The molecule has 1 aliphatic rings. The van der Waals surface area contributed by atoms with Crippen LogP contribution in [0.1, 0.15) is 45.7 Å². The molecule has 1 saturated heterocycles. The first kappa shape index (κ1) is 21.9. The number of nitrogens with zero attached hydrogens (tertiary/aromatic N) is 4. The number of nitrogens with one attached hydrogen (secondary N) is 2. The van der Waals surface area contributed by atoms with Gasteiger partial charge >= 0.3 is 0 Å². The second kappa shape index (κ2) is 9.51. The van der Waals surface area contributed by atoms with E-state index in [4.69, 9.17) is 0 Å². The van der Waals surface area contributed by atoms with E-state index in [1.807, 2.05) is 29.3 Å². The van der Waals surface area contributed by atoms with Crippen LogP contribution in [0.2, 0.25) is 0 Å². The molecule has 4 aromatic rings. The number of aryl methyl sites for hydroxylation is 1. The van der Waals surface area contributed by atoms with Gasteiger partial charge < -0.3 is 10.2 Å². The average Bonchev–Trinajstić information content (AvgIpc) is 3.44. The third-order valence-electron chi connectivity index (χ3n) is 6.57. The molecule has 174 valence electrons. The molecule has 2 aromatic carbocycles. The fourth-order valence-corrected chi connectivity index (χ4v) is 4.76. The van der Waals surface area contributed by atoms with E-state index in [0.717, 1.165) is 31.2 Å². The van der Waals surface area contributed by atoms with Crippen molar-refractivity contribution in [3.63, 3.8) is 0 Å². The Balaban J connectivity index is 1.26. The number of carbonyl (C=O) groups is 2. The van der Waals surface area contributed by atoms with Crippen LogP contribution in [0.4, 0.5) is 5.69 Å². The standard InChI is InChI=1S/C26H28N6O2/c1-31-14-12-24(30-31)25(33)28-22-9-3-2-8-20(22)26(34)32-13-5-6-18(11-15-32)16-19-7-4-10-23-21(19)17-27-29-23/h2-4,7-10,12,14,17-18H,5-6,11,13,15-16H2,1H3,(H,27,29)(H,28,33)/t18-/m0/s1. The number of hydrogen-bond acceptors (Lipinski definition) is 4. The monoisotopic (exact) mass is 456 g/mol. The van der Waals surface area contributed by atoms with Crippen molar-refractivity contribution in [3.8, 4) is 0 Å². The normalized spacial score (nSPS) is 16.4. The summed E-state index contributed by atoms with van der Waals surface area (Å²) < 4.78 is 1.58. The Hall–Kier alpha value is -3.94. The number of hydrogen-bond donors (Lipinski definition) is 2. The lowest BCUT2D eigenvalue weighted by molar-refractivity contribution is 0.0761. The number of H-pyrrole nitrogens is 1. The molecule has 3 heterocycles. The van der Waals surface area contributed by atoms with Gasteiger partial charge in [0.05, 0.1) is 23.0 Å². The molecular formula is C26H28N6O2. The maximum Gasteiger partial charge on any atom is 0.276 e. The van der Waals surface area contributed by atoms with Gasteiger partial charge in [-0.3, -0.25) is 19.4 Å². The molecule has 0 aliphatic carbocycles. The first-order chi connectivity index (χ1) is 16.6. The molecule has 8 nitrogen and oxygen atoms in total. The molecule has 5 rings (SSSR count). The number of aromatic amines is 1. The lowest BCUT2D eigenvalue weighted by Crippen LogP contribution is -2.33.